The second-order valence-electron chi connectivity index (χ2n) is 4.89. The summed E-state index contributed by atoms with van der Waals surface area (Å²) in [4.78, 5) is 4.33. The highest BCUT2D eigenvalue weighted by Gasteiger charge is 2.11. The topological polar surface area (TPSA) is 55.5 Å². The van der Waals surface area contributed by atoms with Crippen LogP contribution in [0.3, 0.4) is 0 Å². The van der Waals surface area contributed by atoms with Crippen LogP contribution >= 0.6 is 0 Å². The molecular formula is C18H17NO3. The second kappa shape index (κ2) is 6.91. The molecule has 0 aliphatic carbocycles. The van der Waals surface area contributed by atoms with E-state index in [1.54, 1.807) is 0 Å². The summed E-state index contributed by atoms with van der Waals surface area (Å²) in [6.45, 7) is 0.298. The molecule has 0 saturated heterocycles. The van der Waals surface area contributed by atoms with Crippen molar-refractivity contribution >= 4 is 0 Å². The first-order valence-corrected chi connectivity index (χ1v) is 7.17. The number of aliphatic hydroxyl groups is 1. The zero-order chi connectivity index (χ0) is 15.2. The lowest BCUT2D eigenvalue weighted by Crippen LogP contribution is -2.01. The van der Waals surface area contributed by atoms with Crippen LogP contribution in [0.1, 0.15) is 11.3 Å². The summed E-state index contributed by atoms with van der Waals surface area (Å²) < 4.78 is 10.9. The van der Waals surface area contributed by atoms with Crippen molar-refractivity contribution in [2.45, 2.75) is 6.42 Å². The molecule has 112 valence electrons. The molecule has 3 rings (SSSR count). The SMILES string of the molecule is OCCOc1ccc(-c2ocnc2Cc2ccccc2)cc1. The van der Waals surface area contributed by atoms with Crippen molar-refractivity contribution in [1.82, 2.24) is 4.98 Å². The largest absolute Gasteiger partial charge is 0.491 e. The third kappa shape index (κ3) is 3.35. The van der Waals surface area contributed by atoms with Crippen LogP contribution in [-0.4, -0.2) is 23.3 Å². The van der Waals surface area contributed by atoms with E-state index in [2.05, 4.69) is 17.1 Å². The summed E-state index contributed by atoms with van der Waals surface area (Å²) >= 11 is 0. The highest BCUT2D eigenvalue weighted by atomic mass is 16.5. The fraction of sp³-hybridized carbons (Fsp3) is 0.167. The van der Waals surface area contributed by atoms with Gasteiger partial charge in [-0.3, -0.25) is 0 Å². The number of hydrogen-bond acceptors (Lipinski definition) is 4. The van der Waals surface area contributed by atoms with Crippen LogP contribution in [0.25, 0.3) is 11.3 Å². The molecule has 0 fully saturated rings. The van der Waals surface area contributed by atoms with Crippen LogP contribution < -0.4 is 4.74 Å². The standard InChI is InChI=1S/C18H17NO3/c20-10-11-21-16-8-6-15(7-9-16)18-17(19-13-22-18)12-14-4-2-1-3-5-14/h1-9,13,20H,10-12H2. The van der Waals surface area contributed by atoms with Crippen molar-refractivity contribution < 1.29 is 14.3 Å². The first-order valence-electron chi connectivity index (χ1n) is 7.17. The molecule has 0 saturated carbocycles. The Hall–Kier alpha value is -2.59. The van der Waals surface area contributed by atoms with Crippen molar-refractivity contribution in [1.29, 1.82) is 0 Å². The third-order valence-electron chi connectivity index (χ3n) is 3.33. The third-order valence-corrected chi connectivity index (χ3v) is 3.33. The van der Waals surface area contributed by atoms with Crippen molar-refractivity contribution in [3.05, 3.63) is 72.2 Å². The van der Waals surface area contributed by atoms with Gasteiger partial charge in [0.15, 0.2) is 12.2 Å². The minimum atomic E-state index is 0.00504. The highest BCUT2D eigenvalue weighted by molar-refractivity contribution is 5.61. The Morgan fingerprint density at radius 1 is 1.00 bits per heavy atom. The van der Waals surface area contributed by atoms with Gasteiger partial charge in [0, 0.05) is 12.0 Å². The van der Waals surface area contributed by atoms with Crippen molar-refractivity contribution in [3.63, 3.8) is 0 Å². The zero-order valence-corrected chi connectivity index (χ0v) is 12.1. The van der Waals surface area contributed by atoms with E-state index >= 15 is 0 Å². The number of benzene rings is 2. The van der Waals surface area contributed by atoms with Gasteiger partial charge in [0.25, 0.3) is 0 Å². The van der Waals surface area contributed by atoms with Crippen LogP contribution in [0, 0.1) is 0 Å². The number of aliphatic hydroxyl groups excluding tert-OH is 1. The maximum absolute atomic E-state index is 8.76. The van der Waals surface area contributed by atoms with E-state index in [0.717, 1.165) is 29.2 Å². The van der Waals surface area contributed by atoms with Gasteiger partial charge in [0.2, 0.25) is 0 Å². The molecule has 3 aromatic rings. The van der Waals surface area contributed by atoms with Crippen LogP contribution in [0.15, 0.2) is 65.4 Å². The minimum absolute atomic E-state index is 0.00504. The first kappa shape index (κ1) is 14.4. The Kier molecular flexibility index (Phi) is 4.51. The molecule has 0 atom stereocenters. The molecule has 0 radical (unpaired) electrons. The summed E-state index contributed by atoms with van der Waals surface area (Å²) in [6, 6.07) is 17.8. The summed E-state index contributed by atoms with van der Waals surface area (Å²) in [5, 5.41) is 8.76. The van der Waals surface area contributed by atoms with E-state index in [0.29, 0.717) is 6.61 Å². The Balaban J connectivity index is 1.79. The molecule has 0 unspecified atom stereocenters. The number of ether oxygens (including phenoxy) is 1. The van der Waals surface area contributed by atoms with Gasteiger partial charge in [-0.25, -0.2) is 4.98 Å². The molecule has 4 nitrogen and oxygen atoms in total. The van der Waals surface area contributed by atoms with E-state index < -0.39 is 0 Å². The number of hydrogen-bond donors (Lipinski definition) is 1. The molecule has 0 bridgehead atoms. The van der Waals surface area contributed by atoms with Gasteiger partial charge < -0.3 is 14.3 Å². The van der Waals surface area contributed by atoms with Gasteiger partial charge in [-0.15, -0.1) is 0 Å². The fourth-order valence-electron chi connectivity index (χ4n) is 2.29. The molecule has 0 aliphatic rings. The molecule has 2 aromatic carbocycles. The molecule has 0 aliphatic heterocycles. The van der Waals surface area contributed by atoms with Crippen LogP contribution in [-0.2, 0) is 6.42 Å². The average molecular weight is 295 g/mol. The van der Waals surface area contributed by atoms with E-state index in [-0.39, 0.29) is 6.61 Å². The van der Waals surface area contributed by atoms with Crippen molar-refractivity contribution in [2.75, 3.05) is 13.2 Å². The predicted molar refractivity (Wildman–Crippen MR) is 83.8 cm³/mol. The molecule has 0 spiro atoms. The quantitative estimate of drug-likeness (QED) is 0.758. The smallest absolute Gasteiger partial charge is 0.181 e. The maximum Gasteiger partial charge on any atom is 0.181 e. The average Bonchev–Trinajstić information content (AvgIpc) is 3.02. The Morgan fingerprint density at radius 3 is 2.50 bits per heavy atom. The maximum atomic E-state index is 8.76. The minimum Gasteiger partial charge on any atom is -0.491 e. The van der Waals surface area contributed by atoms with E-state index in [4.69, 9.17) is 14.3 Å². The van der Waals surface area contributed by atoms with Gasteiger partial charge in [0.1, 0.15) is 12.4 Å². The molecule has 1 heterocycles. The van der Waals surface area contributed by atoms with Gasteiger partial charge in [-0.1, -0.05) is 30.3 Å². The lowest BCUT2D eigenvalue weighted by molar-refractivity contribution is 0.201. The summed E-state index contributed by atoms with van der Waals surface area (Å²) in [5.74, 6) is 1.50. The molecule has 22 heavy (non-hydrogen) atoms. The van der Waals surface area contributed by atoms with Gasteiger partial charge in [-0.2, -0.15) is 0 Å². The predicted octanol–water partition coefficient (Wildman–Crippen LogP) is 3.30. The van der Waals surface area contributed by atoms with Crippen molar-refractivity contribution in [2.24, 2.45) is 0 Å². The van der Waals surface area contributed by atoms with E-state index in [1.807, 2.05) is 42.5 Å². The molecule has 1 aromatic heterocycles. The lowest BCUT2D eigenvalue weighted by atomic mass is 10.1. The summed E-state index contributed by atoms with van der Waals surface area (Å²) in [5.41, 5.74) is 3.07. The number of rotatable bonds is 6. The Bertz CT molecular complexity index is 705. The Morgan fingerprint density at radius 2 is 1.77 bits per heavy atom. The van der Waals surface area contributed by atoms with E-state index in [1.165, 1.54) is 12.0 Å². The van der Waals surface area contributed by atoms with Crippen LogP contribution in [0.5, 0.6) is 5.75 Å². The number of nitrogens with zero attached hydrogens (tertiary/aromatic N) is 1. The summed E-state index contributed by atoms with van der Waals surface area (Å²) in [7, 11) is 0. The molecule has 4 heteroatoms. The normalized spacial score (nSPS) is 10.6. The van der Waals surface area contributed by atoms with Gasteiger partial charge in [0.05, 0.1) is 12.3 Å². The van der Waals surface area contributed by atoms with Gasteiger partial charge >= 0.3 is 0 Å². The second-order valence-corrected chi connectivity index (χ2v) is 4.89. The first-order chi connectivity index (χ1) is 10.9. The summed E-state index contributed by atoms with van der Waals surface area (Å²) in [6.07, 6.45) is 2.21. The molecule has 1 N–H and O–H groups in total. The van der Waals surface area contributed by atoms with E-state index in [9.17, 15) is 0 Å². The number of aromatic nitrogens is 1. The van der Waals surface area contributed by atoms with Crippen LogP contribution in [0.2, 0.25) is 0 Å². The van der Waals surface area contributed by atoms with Crippen LogP contribution in [0.4, 0.5) is 0 Å². The van der Waals surface area contributed by atoms with Crippen molar-refractivity contribution in [3.8, 4) is 17.1 Å². The van der Waals surface area contributed by atoms with Gasteiger partial charge in [-0.05, 0) is 29.8 Å². The lowest BCUT2D eigenvalue weighted by Gasteiger charge is -2.05. The fourth-order valence-corrected chi connectivity index (χ4v) is 2.29. The zero-order valence-electron chi connectivity index (χ0n) is 12.1. The number of oxazole rings is 1. The Labute approximate surface area is 129 Å². The molecule has 0 amide bonds. The highest BCUT2D eigenvalue weighted by Crippen LogP contribution is 2.26. The molecular weight excluding hydrogens is 278 g/mol. The monoisotopic (exact) mass is 295 g/mol.